The van der Waals surface area contributed by atoms with E-state index in [0.717, 1.165) is 31.0 Å². The van der Waals surface area contributed by atoms with Crippen molar-refractivity contribution in [2.75, 3.05) is 5.75 Å². The fraction of sp³-hybridized carbons (Fsp3) is 0.462. The minimum atomic E-state index is -3.59. The second kappa shape index (κ2) is 6.14. The van der Waals surface area contributed by atoms with Crippen molar-refractivity contribution in [2.45, 2.75) is 31.6 Å². The molecule has 0 heterocycles. The van der Waals surface area contributed by atoms with Crippen molar-refractivity contribution in [2.24, 2.45) is 5.92 Å². The summed E-state index contributed by atoms with van der Waals surface area (Å²) in [6.45, 7) is 3.80. The zero-order valence-electron chi connectivity index (χ0n) is 10.9. The number of sulfone groups is 1. The summed E-state index contributed by atoms with van der Waals surface area (Å²) in [4.78, 5) is 10.7. The lowest BCUT2D eigenvalue weighted by atomic mass is 10.1. The number of hydrogen-bond donors (Lipinski definition) is 1. The van der Waals surface area contributed by atoms with E-state index in [1.54, 1.807) is 0 Å². The Morgan fingerprint density at radius 3 is 2.37 bits per heavy atom. The topological polar surface area (TPSA) is 71.4 Å². The molecule has 1 N–H and O–H groups in total. The molecule has 6 heteroatoms. The first-order valence-corrected chi connectivity index (χ1v) is 7.72. The van der Waals surface area contributed by atoms with E-state index in [2.05, 4.69) is 0 Å². The van der Waals surface area contributed by atoms with E-state index in [-0.39, 0.29) is 16.6 Å². The van der Waals surface area contributed by atoms with Gasteiger partial charge in [-0.05, 0) is 24.1 Å². The van der Waals surface area contributed by atoms with Crippen LogP contribution >= 0.6 is 0 Å². The molecule has 0 aliphatic rings. The van der Waals surface area contributed by atoms with Crippen molar-refractivity contribution < 1.29 is 22.7 Å². The number of carboxylic acids is 1. The molecule has 1 aromatic rings. The van der Waals surface area contributed by atoms with Crippen LogP contribution in [-0.4, -0.2) is 25.2 Å². The number of rotatable bonds is 6. The van der Waals surface area contributed by atoms with Gasteiger partial charge in [-0.15, -0.1) is 0 Å². The zero-order valence-corrected chi connectivity index (χ0v) is 11.7. The van der Waals surface area contributed by atoms with Crippen LogP contribution < -0.4 is 0 Å². The highest BCUT2D eigenvalue weighted by molar-refractivity contribution is 7.91. The fourth-order valence-electron chi connectivity index (χ4n) is 1.79. The van der Waals surface area contributed by atoms with Gasteiger partial charge in [-0.25, -0.2) is 17.6 Å². The summed E-state index contributed by atoms with van der Waals surface area (Å²) in [5.41, 5.74) is -0.620. The van der Waals surface area contributed by atoms with E-state index >= 15 is 0 Å². The third kappa shape index (κ3) is 3.76. The van der Waals surface area contributed by atoms with Crippen molar-refractivity contribution in [1.82, 2.24) is 0 Å². The maximum absolute atomic E-state index is 13.2. The molecule has 0 saturated heterocycles. The van der Waals surface area contributed by atoms with Gasteiger partial charge in [0.1, 0.15) is 5.82 Å². The van der Waals surface area contributed by atoms with Crippen LogP contribution in [0.15, 0.2) is 23.1 Å². The van der Waals surface area contributed by atoms with E-state index in [0.29, 0.717) is 0 Å². The highest BCUT2D eigenvalue weighted by Gasteiger charge is 2.22. The molecule has 0 spiro atoms. The van der Waals surface area contributed by atoms with Gasteiger partial charge < -0.3 is 5.11 Å². The molecule has 0 radical (unpaired) electrons. The van der Waals surface area contributed by atoms with Gasteiger partial charge in [-0.2, -0.15) is 0 Å². The van der Waals surface area contributed by atoms with Crippen LogP contribution in [0, 0.1) is 11.7 Å². The standard InChI is InChI=1S/C13H17FO4S/c1-3-9(4-2)8-19(17,18)10-5-6-12(14)11(7-10)13(15)16/h5-7,9H,3-4,8H2,1-2H3,(H,15,16). The molecular formula is C13H17FO4S. The van der Waals surface area contributed by atoms with Gasteiger partial charge in [0, 0.05) is 0 Å². The molecule has 0 aromatic heterocycles. The molecule has 0 fully saturated rings. The van der Waals surface area contributed by atoms with Crippen LogP contribution in [0.2, 0.25) is 0 Å². The van der Waals surface area contributed by atoms with Crippen molar-refractivity contribution in [3.63, 3.8) is 0 Å². The van der Waals surface area contributed by atoms with Gasteiger partial charge in [-0.3, -0.25) is 0 Å². The predicted octanol–water partition coefficient (Wildman–Crippen LogP) is 2.73. The zero-order chi connectivity index (χ0) is 14.6. The normalized spacial score (nSPS) is 11.8. The molecule has 0 bridgehead atoms. The van der Waals surface area contributed by atoms with E-state index < -0.39 is 27.2 Å². The van der Waals surface area contributed by atoms with Gasteiger partial charge in [0.15, 0.2) is 9.84 Å². The van der Waals surface area contributed by atoms with Crippen LogP contribution in [0.25, 0.3) is 0 Å². The Bertz CT molecular complexity index is 562. The highest BCUT2D eigenvalue weighted by atomic mass is 32.2. The van der Waals surface area contributed by atoms with Crippen molar-refractivity contribution in [3.05, 3.63) is 29.6 Å². The smallest absolute Gasteiger partial charge is 0.338 e. The van der Waals surface area contributed by atoms with Gasteiger partial charge in [0.25, 0.3) is 0 Å². The van der Waals surface area contributed by atoms with E-state index in [9.17, 15) is 17.6 Å². The quantitative estimate of drug-likeness (QED) is 0.817. The summed E-state index contributed by atoms with van der Waals surface area (Å²) < 4.78 is 37.5. The Hall–Kier alpha value is -1.43. The summed E-state index contributed by atoms with van der Waals surface area (Å²) in [6.07, 6.45) is 1.45. The number of carboxylic acid groups (broad SMARTS) is 1. The summed E-state index contributed by atoms with van der Waals surface area (Å²) in [6, 6.07) is 2.87. The Kier molecular flexibility index (Phi) is 5.05. The molecule has 4 nitrogen and oxygen atoms in total. The summed E-state index contributed by atoms with van der Waals surface area (Å²) in [7, 11) is -3.59. The largest absolute Gasteiger partial charge is 0.478 e. The van der Waals surface area contributed by atoms with Crippen molar-refractivity contribution in [3.8, 4) is 0 Å². The first-order valence-electron chi connectivity index (χ1n) is 6.07. The Morgan fingerprint density at radius 1 is 1.32 bits per heavy atom. The van der Waals surface area contributed by atoms with Crippen LogP contribution in [0.1, 0.15) is 37.0 Å². The maximum atomic E-state index is 13.2. The molecule has 0 saturated carbocycles. The molecule has 0 unspecified atom stereocenters. The molecule has 0 amide bonds. The Balaban J connectivity index is 3.15. The first-order chi connectivity index (χ1) is 8.81. The monoisotopic (exact) mass is 288 g/mol. The number of halogens is 1. The highest BCUT2D eigenvalue weighted by Crippen LogP contribution is 2.20. The van der Waals surface area contributed by atoms with Gasteiger partial charge in [0.2, 0.25) is 0 Å². The number of benzene rings is 1. The summed E-state index contributed by atoms with van der Waals surface area (Å²) in [5, 5.41) is 8.80. The van der Waals surface area contributed by atoms with E-state index in [4.69, 9.17) is 5.11 Å². The summed E-state index contributed by atoms with van der Waals surface area (Å²) in [5.74, 6) is -2.44. The molecule has 106 valence electrons. The maximum Gasteiger partial charge on any atom is 0.338 e. The third-order valence-electron chi connectivity index (χ3n) is 3.14. The van der Waals surface area contributed by atoms with E-state index in [1.165, 1.54) is 0 Å². The SMILES string of the molecule is CCC(CC)CS(=O)(=O)c1ccc(F)c(C(=O)O)c1. The van der Waals surface area contributed by atoms with Gasteiger partial charge in [-0.1, -0.05) is 26.7 Å². The lowest BCUT2D eigenvalue weighted by molar-refractivity contribution is 0.0691. The minimum Gasteiger partial charge on any atom is -0.478 e. The third-order valence-corrected chi connectivity index (χ3v) is 5.02. The van der Waals surface area contributed by atoms with Crippen LogP contribution in [-0.2, 0) is 9.84 Å². The molecule has 19 heavy (non-hydrogen) atoms. The molecule has 0 atom stereocenters. The van der Waals surface area contributed by atoms with Gasteiger partial charge >= 0.3 is 5.97 Å². The number of carbonyl (C=O) groups is 1. The molecular weight excluding hydrogens is 271 g/mol. The lowest BCUT2D eigenvalue weighted by Gasteiger charge is -2.13. The average Bonchev–Trinajstić information content (AvgIpc) is 2.35. The molecule has 1 aromatic carbocycles. The van der Waals surface area contributed by atoms with Crippen LogP contribution in [0.5, 0.6) is 0 Å². The average molecular weight is 288 g/mol. The van der Waals surface area contributed by atoms with Crippen molar-refractivity contribution in [1.29, 1.82) is 0 Å². The second-order valence-corrected chi connectivity index (χ2v) is 6.44. The van der Waals surface area contributed by atoms with Gasteiger partial charge in [0.05, 0.1) is 16.2 Å². The van der Waals surface area contributed by atoms with Crippen LogP contribution in [0.3, 0.4) is 0 Å². The number of hydrogen-bond acceptors (Lipinski definition) is 3. The fourth-order valence-corrected chi connectivity index (χ4v) is 3.65. The summed E-state index contributed by atoms with van der Waals surface area (Å²) >= 11 is 0. The lowest BCUT2D eigenvalue weighted by Crippen LogP contribution is -2.16. The second-order valence-electron chi connectivity index (χ2n) is 4.41. The Labute approximate surface area is 112 Å². The first kappa shape index (κ1) is 15.6. The van der Waals surface area contributed by atoms with Crippen molar-refractivity contribution >= 4 is 15.8 Å². The molecule has 1 rings (SSSR count). The predicted molar refractivity (Wildman–Crippen MR) is 69.5 cm³/mol. The number of aromatic carboxylic acids is 1. The molecule has 0 aliphatic carbocycles. The minimum absolute atomic E-state index is 0.0170. The van der Waals surface area contributed by atoms with E-state index in [1.807, 2.05) is 13.8 Å². The van der Waals surface area contributed by atoms with Crippen LogP contribution in [0.4, 0.5) is 4.39 Å². The Morgan fingerprint density at radius 2 is 1.89 bits per heavy atom. The molecule has 0 aliphatic heterocycles.